The van der Waals surface area contributed by atoms with Gasteiger partial charge in [-0.05, 0) is 19.1 Å². The largest absolute Gasteiger partial charge is 0.507 e. The summed E-state index contributed by atoms with van der Waals surface area (Å²) < 4.78 is 4.90. The van der Waals surface area contributed by atoms with Gasteiger partial charge in [-0.1, -0.05) is 11.6 Å². The first-order valence-corrected chi connectivity index (χ1v) is 4.02. The number of ether oxygens (including phenoxy) is 1. The number of carbonyl (C=O) groups is 1. The van der Waals surface area contributed by atoms with Gasteiger partial charge in [0.05, 0.1) is 17.7 Å². The van der Waals surface area contributed by atoms with Gasteiger partial charge in [-0.25, -0.2) is 0 Å². The Hall–Kier alpha value is -1.22. The first kappa shape index (κ1) is 9.86. The van der Waals surface area contributed by atoms with Crippen LogP contribution in [0.25, 0.3) is 0 Å². The number of aromatic hydroxyl groups is 1. The van der Waals surface area contributed by atoms with E-state index in [-0.39, 0.29) is 22.1 Å². The molecule has 0 saturated carbocycles. The zero-order valence-corrected chi connectivity index (χ0v) is 8.05. The number of Topliss-reactive ketones (excluding diaryl/α,β-unsaturated/α-hetero) is 1. The molecule has 0 aromatic heterocycles. The second-order valence-corrected chi connectivity index (χ2v) is 2.91. The summed E-state index contributed by atoms with van der Waals surface area (Å²) >= 11 is 5.80. The van der Waals surface area contributed by atoms with E-state index in [9.17, 15) is 9.90 Å². The average Bonchev–Trinajstić information content (AvgIpc) is 2.04. The monoisotopic (exact) mass is 200 g/mol. The van der Waals surface area contributed by atoms with Crippen LogP contribution < -0.4 is 4.74 Å². The molecule has 0 radical (unpaired) electrons. The van der Waals surface area contributed by atoms with Crippen LogP contribution in [0.4, 0.5) is 0 Å². The van der Waals surface area contributed by atoms with Gasteiger partial charge in [0.25, 0.3) is 0 Å². The van der Waals surface area contributed by atoms with Gasteiger partial charge in [-0.15, -0.1) is 0 Å². The van der Waals surface area contributed by atoms with E-state index in [1.807, 2.05) is 0 Å². The summed E-state index contributed by atoms with van der Waals surface area (Å²) in [7, 11) is 1.45. The summed E-state index contributed by atoms with van der Waals surface area (Å²) in [5.41, 5.74) is 0.0982. The lowest BCUT2D eigenvalue weighted by Gasteiger charge is -2.07. The molecule has 0 saturated heterocycles. The van der Waals surface area contributed by atoms with Crippen LogP contribution >= 0.6 is 11.6 Å². The van der Waals surface area contributed by atoms with Crippen molar-refractivity contribution >= 4 is 17.4 Å². The van der Waals surface area contributed by atoms with Crippen molar-refractivity contribution in [3.8, 4) is 11.5 Å². The normalized spacial score (nSPS) is 9.77. The molecule has 0 amide bonds. The topological polar surface area (TPSA) is 46.5 Å². The number of hydrogen-bond donors (Lipinski definition) is 1. The summed E-state index contributed by atoms with van der Waals surface area (Å²) in [5.74, 6) is -0.0376. The standard InChI is InChI=1S/C9H9ClO3/c1-5(11)8-6(12)3-4-7(13-2)9(8)10/h3-4,12H,1-2H3. The molecule has 3 nitrogen and oxygen atoms in total. The Morgan fingerprint density at radius 1 is 1.54 bits per heavy atom. The Bertz CT molecular complexity index is 347. The van der Waals surface area contributed by atoms with E-state index >= 15 is 0 Å². The van der Waals surface area contributed by atoms with Crippen molar-refractivity contribution in [1.82, 2.24) is 0 Å². The SMILES string of the molecule is COc1ccc(O)c(C(C)=O)c1Cl. The third-order valence-corrected chi connectivity index (χ3v) is 2.03. The van der Waals surface area contributed by atoms with Gasteiger partial charge in [-0.2, -0.15) is 0 Å². The number of phenolic OH excluding ortho intramolecular Hbond substituents is 1. The van der Waals surface area contributed by atoms with Gasteiger partial charge in [0, 0.05) is 0 Å². The number of rotatable bonds is 2. The van der Waals surface area contributed by atoms with Crippen LogP contribution in [-0.4, -0.2) is 18.0 Å². The maximum Gasteiger partial charge on any atom is 0.165 e. The molecule has 0 unspecified atom stereocenters. The maximum atomic E-state index is 11.1. The molecule has 1 aromatic carbocycles. The van der Waals surface area contributed by atoms with E-state index in [1.54, 1.807) is 0 Å². The van der Waals surface area contributed by atoms with E-state index in [2.05, 4.69) is 0 Å². The molecule has 0 aliphatic rings. The molecule has 13 heavy (non-hydrogen) atoms. The highest BCUT2D eigenvalue weighted by molar-refractivity contribution is 6.35. The second-order valence-electron chi connectivity index (χ2n) is 2.53. The molecule has 70 valence electrons. The quantitative estimate of drug-likeness (QED) is 0.745. The summed E-state index contributed by atoms with van der Waals surface area (Å²) in [6.07, 6.45) is 0. The predicted molar refractivity (Wildman–Crippen MR) is 49.7 cm³/mol. The lowest BCUT2D eigenvalue weighted by atomic mass is 10.1. The molecular formula is C9H9ClO3. The highest BCUT2D eigenvalue weighted by atomic mass is 35.5. The van der Waals surface area contributed by atoms with Crippen molar-refractivity contribution in [3.05, 3.63) is 22.7 Å². The minimum Gasteiger partial charge on any atom is -0.507 e. The van der Waals surface area contributed by atoms with Crippen LogP contribution in [0.3, 0.4) is 0 Å². The van der Waals surface area contributed by atoms with E-state index in [0.717, 1.165) is 0 Å². The summed E-state index contributed by atoms with van der Waals surface area (Å²) in [6.45, 7) is 1.33. The fourth-order valence-electron chi connectivity index (χ4n) is 1.04. The van der Waals surface area contributed by atoms with Gasteiger partial charge in [0.2, 0.25) is 0 Å². The van der Waals surface area contributed by atoms with Gasteiger partial charge in [-0.3, -0.25) is 4.79 Å². The second kappa shape index (κ2) is 3.66. The van der Waals surface area contributed by atoms with Crippen LogP contribution in [0.5, 0.6) is 11.5 Å². The van der Waals surface area contributed by atoms with E-state index < -0.39 is 0 Å². The molecule has 0 aliphatic heterocycles. The molecule has 0 heterocycles. The van der Waals surface area contributed by atoms with Crippen molar-refractivity contribution in [2.24, 2.45) is 0 Å². The van der Waals surface area contributed by atoms with E-state index in [4.69, 9.17) is 16.3 Å². The number of halogens is 1. The number of hydrogen-bond acceptors (Lipinski definition) is 3. The molecule has 0 spiro atoms. The van der Waals surface area contributed by atoms with Crippen molar-refractivity contribution < 1.29 is 14.6 Å². The smallest absolute Gasteiger partial charge is 0.165 e. The minimum atomic E-state index is -0.290. The third kappa shape index (κ3) is 1.75. The maximum absolute atomic E-state index is 11.1. The van der Waals surface area contributed by atoms with Gasteiger partial charge in [0.1, 0.15) is 11.5 Å². The molecule has 0 bridgehead atoms. The number of methoxy groups -OCH3 is 1. The fourth-order valence-corrected chi connectivity index (χ4v) is 1.41. The van der Waals surface area contributed by atoms with Crippen LogP contribution in [-0.2, 0) is 0 Å². The first-order chi connectivity index (χ1) is 6.07. The average molecular weight is 201 g/mol. The molecular weight excluding hydrogens is 192 g/mol. The lowest BCUT2D eigenvalue weighted by Crippen LogP contribution is -1.96. The van der Waals surface area contributed by atoms with Gasteiger partial charge in [0.15, 0.2) is 5.78 Å². The van der Waals surface area contributed by atoms with Crippen molar-refractivity contribution in [2.45, 2.75) is 6.92 Å². The number of phenols is 1. The van der Waals surface area contributed by atoms with Crippen LogP contribution in [0, 0.1) is 0 Å². The zero-order chi connectivity index (χ0) is 10.0. The predicted octanol–water partition coefficient (Wildman–Crippen LogP) is 2.26. The molecule has 0 fully saturated rings. The van der Waals surface area contributed by atoms with Gasteiger partial charge >= 0.3 is 0 Å². The Balaban J connectivity index is 3.38. The Labute approximate surface area is 80.9 Å². The molecule has 1 N–H and O–H groups in total. The van der Waals surface area contributed by atoms with Crippen LogP contribution in [0.1, 0.15) is 17.3 Å². The number of benzene rings is 1. The van der Waals surface area contributed by atoms with E-state index in [0.29, 0.717) is 5.75 Å². The third-order valence-electron chi connectivity index (χ3n) is 1.66. The van der Waals surface area contributed by atoms with Crippen molar-refractivity contribution in [2.75, 3.05) is 7.11 Å². The summed E-state index contributed by atoms with van der Waals surface area (Å²) in [5, 5.41) is 9.47. The highest BCUT2D eigenvalue weighted by Gasteiger charge is 2.15. The zero-order valence-electron chi connectivity index (χ0n) is 7.30. The first-order valence-electron chi connectivity index (χ1n) is 3.64. The van der Waals surface area contributed by atoms with E-state index in [1.165, 1.54) is 26.2 Å². The van der Waals surface area contributed by atoms with Gasteiger partial charge < -0.3 is 9.84 Å². The van der Waals surface area contributed by atoms with Crippen LogP contribution in [0.15, 0.2) is 12.1 Å². The molecule has 4 heteroatoms. The van der Waals surface area contributed by atoms with Crippen molar-refractivity contribution in [3.63, 3.8) is 0 Å². The summed E-state index contributed by atoms with van der Waals surface area (Å²) in [4.78, 5) is 11.1. The lowest BCUT2D eigenvalue weighted by molar-refractivity contribution is 0.101. The minimum absolute atomic E-state index is 0.0982. The molecule has 0 atom stereocenters. The highest BCUT2D eigenvalue weighted by Crippen LogP contribution is 2.34. The molecule has 0 aliphatic carbocycles. The molecule has 1 rings (SSSR count). The Morgan fingerprint density at radius 3 is 2.62 bits per heavy atom. The van der Waals surface area contributed by atoms with Crippen LogP contribution in [0.2, 0.25) is 5.02 Å². The number of ketones is 1. The van der Waals surface area contributed by atoms with Crippen molar-refractivity contribution in [1.29, 1.82) is 0 Å². The Kier molecular flexibility index (Phi) is 2.78. The number of carbonyl (C=O) groups excluding carboxylic acids is 1. The summed E-state index contributed by atoms with van der Waals surface area (Å²) in [6, 6.07) is 2.88. The fraction of sp³-hybridized carbons (Fsp3) is 0.222. The Morgan fingerprint density at radius 2 is 2.15 bits per heavy atom. The molecule has 1 aromatic rings.